The first kappa shape index (κ1) is 29.0. The average molecular weight is 559 g/mol. The van der Waals surface area contributed by atoms with Gasteiger partial charge in [0, 0.05) is 61.3 Å². The standard InChI is InChI=1S/C29H42N4O5S/c1-29(2,3)39(35,36)31-23-8-6-21(7-9-23)28(34)30-22-10-12-24(13-11-22)32-16-18-33(19-17-32)25-14-15-26(37-4)27(20-25)38-5/h10-15,20-21,23,31H,6-9,16-19H2,1-5H3,(H,30,34). The normalized spacial score (nSPS) is 20.4. The van der Waals surface area contributed by atoms with E-state index in [1.54, 1.807) is 35.0 Å². The minimum atomic E-state index is -3.39. The molecule has 1 heterocycles. The van der Waals surface area contributed by atoms with Crippen molar-refractivity contribution in [1.82, 2.24) is 4.72 Å². The fourth-order valence-corrected chi connectivity index (χ4v) is 6.14. The number of hydrogen-bond acceptors (Lipinski definition) is 7. The molecule has 214 valence electrons. The van der Waals surface area contributed by atoms with E-state index < -0.39 is 14.8 Å². The number of nitrogens with zero attached hydrogens (tertiary/aromatic N) is 2. The zero-order chi connectivity index (χ0) is 28.2. The molecule has 10 heteroatoms. The molecule has 0 unspecified atom stereocenters. The molecule has 1 aliphatic carbocycles. The molecule has 2 N–H and O–H groups in total. The Morgan fingerprint density at radius 1 is 0.821 bits per heavy atom. The number of nitrogens with one attached hydrogen (secondary N) is 2. The van der Waals surface area contributed by atoms with Crippen LogP contribution in [0.4, 0.5) is 17.1 Å². The summed E-state index contributed by atoms with van der Waals surface area (Å²) in [6, 6.07) is 13.9. The third kappa shape index (κ3) is 6.97. The van der Waals surface area contributed by atoms with E-state index in [1.807, 2.05) is 24.3 Å². The Morgan fingerprint density at radius 2 is 1.36 bits per heavy atom. The second-order valence-electron chi connectivity index (χ2n) is 11.3. The lowest BCUT2D eigenvalue weighted by molar-refractivity contribution is -0.120. The van der Waals surface area contributed by atoms with Crippen LogP contribution < -0.4 is 29.3 Å². The summed E-state index contributed by atoms with van der Waals surface area (Å²) in [5, 5.41) is 3.05. The van der Waals surface area contributed by atoms with E-state index in [-0.39, 0.29) is 17.9 Å². The lowest BCUT2D eigenvalue weighted by Crippen LogP contribution is -2.46. The van der Waals surface area contributed by atoms with Gasteiger partial charge in [-0.2, -0.15) is 0 Å². The van der Waals surface area contributed by atoms with Crippen LogP contribution in [-0.4, -0.2) is 65.5 Å². The monoisotopic (exact) mass is 558 g/mol. The molecule has 1 saturated carbocycles. The van der Waals surface area contributed by atoms with Gasteiger partial charge in [-0.15, -0.1) is 0 Å². The maximum atomic E-state index is 12.9. The van der Waals surface area contributed by atoms with Crippen LogP contribution in [0.2, 0.25) is 0 Å². The Balaban J connectivity index is 1.25. The molecule has 2 aromatic rings. The second kappa shape index (κ2) is 12.0. The Hall–Kier alpha value is -2.98. The van der Waals surface area contributed by atoms with E-state index in [0.29, 0.717) is 25.7 Å². The van der Waals surface area contributed by atoms with Gasteiger partial charge in [-0.25, -0.2) is 13.1 Å². The molecule has 1 amide bonds. The number of methoxy groups -OCH3 is 2. The summed E-state index contributed by atoms with van der Waals surface area (Å²) in [5.41, 5.74) is 3.03. The van der Waals surface area contributed by atoms with Crippen molar-refractivity contribution < 1.29 is 22.7 Å². The molecule has 0 radical (unpaired) electrons. The lowest BCUT2D eigenvalue weighted by Gasteiger charge is -2.37. The molecular formula is C29H42N4O5S. The molecule has 0 aromatic heterocycles. The van der Waals surface area contributed by atoms with Crippen LogP contribution in [0.3, 0.4) is 0 Å². The molecule has 4 rings (SSSR count). The molecule has 39 heavy (non-hydrogen) atoms. The summed E-state index contributed by atoms with van der Waals surface area (Å²) in [6.07, 6.45) is 2.68. The summed E-state index contributed by atoms with van der Waals surface area (Å²) in [6.45, 7) is 8.65. The predicted octanol–water partition coefficient (Wildman–Crippen LogP) is 4.25. The smallest absolute Gasteiger partial charge is 0.227 e. The molecule has 0 bridgehead atoms. The first-order chi connectivity index (χ1) is 18.5. The van der Waals surface area contributed by atoms with Crippen molar-refractivity contribution in [1.29, 1.82) is 0 Å². The number of hydrogen-bond donors (Lipinski definition) is 2. The molecule has 9 nitrogen and oxygen atoms in total. The highest BCUT2D eigenvalue weighted by Gasteiger charge is 2.34. The zero-order valence-corrected chi connectivity index (χ0v) is 24.5. The van der Waals surface area contributed by atoms with Crippen LogP contribution in [0.15, 0.2) is 42.5 Å². The van der Waals surface area contributed by atoms with E-state index in [4.69, 9.17) is 9.47 Å². The highest BCUT2D eigenvalue weighted by Crippen LogP contribution is 2.32. The summed E-state index contributed by atoms with van der Waals surface area (Å²) in [4.78, 5) is 17.6. The van der Waals surface area contributed by atoms with Crippen molar-refractivity contribution in [2.45, 2.75) is 57.2 Å². The van der Waals surface area contributed by atoms with E-state index >= 15 is 0 Å². The van der Waals surface area contributed by atoms with E-state index in [0.717, 1.165) is 54.7 Å². The molecule has 0 spiro atoms. The first-order valence-electron chi connectivity index (χ1n) is 13.7. The first-order valence-corrected chi connectivity index (χ1v) is 15.1. The average Bonchev–Trinajstić information content (AvgIpc) is 2.92. The van der Waals surface area contributed by atoms with Gasteiger partial charge in [-0.05, 0) is 82.9 Å². The van der Waals surface area contributed by atoms with Gasteiger partial charge in [0.15, 0.2) is 11.5 Å². The number of sulfonamides is 1. The largest absolute Gasteiger partial charge is 0.493 e. The quantitative estimate of drug-likeness (QED) is 0.500. The van der Waals surface area contributed by atoms with Gasteiger partial charge in [0.1, 0.15) is 0 Å². The Kier molecular flexibility index (Phi) is 8.96. The lowest BCUT2D eigenvalue weighted by atomic mass is 9.86. The maximum absolute atomic E-state index is 12.9. The zero-order valence-electron chi connectivity index (χ0n) is 23.7. The van der Waals surface area contributed by atoms with Crippen LogP contribution in [-0.2, 0) is 14.8 Å². The van der Waals surface area contributed by atoms with Gasteiger partial charge in [0.2, 0.25) is 15.9 Å². The highest BCUT2D eigenvalue weighted by atomic mass is 32.2. The van der Waals surface area contributed by atoms with Gasteiger partial charge < -0.3 is 24.6 Å². The van der Waals surface area contributed by atoms with E-state index in [9.17, 15) is 13.2 Å². The van der Waals surface area contributed by atoms with E-state index in [2.05, 4.69) is 38.0 Å². The summed E-state index contributed by atoms with van der Waals surface area (Å²) < 4.78 is 37.7. The predicted molar refractivity (Wildman–Crippen MR) is 157 cm³/mol. The maximum Gasteiger partial charge on any atom is 0.227 e. The molecule has 1 saturated heterocycles. The number of carbonyl (C=O) groups is 1. The van der Waals surface area contributed by atoms with Crippen molar-refractivity contribution in [2.75, 3.05) is 55.5 Å². The van der Waals surface area contributed by atoms with Crippen molar-refractivity contribution in [2.24, 2.45) is 5.92 Å². The molecule has 2 fully saturated rings. The number of benzene rings is 2. The third-order valence-electron chi connectivity index (χ3n) is 7.74. The van der Waals surface area contributed by atoms with Gasteiger partial charge >= 0.3 is 0 Å². The van der Waals surface area contributed by atoms with Crippen LogP contribution in [0.5, 0.6) is 11.5 Å². The number of carbonyl (C=O) groups excluding carboxylic acids is 1. The molecule has 0 atom stereocenters. The third-order valence-corrected chi connectivity index (χ3v) is 9.99. The topological polar surface area (TPSA) is 100 Å². The Labute approximate surface area is 232 Å². The molecular weight excluding hydrogens is 516 g/mol. The van der Waals surface area contributed by atoms with E-state index in [1.165, 1.54) is 0 Å². The number of rotatable bonds is 8. The van der Waals surface area contributed by atoms with Gasteiger partial charge in [0.05, 0.1) is 19.0 Å². The van der Waals surface area contributed by atoms with Crippen molar-refractivity contribution >= 4 is 33.0 Å². The number of ether oxygens (including phenoxy) is 2. The van der Waals surface area contributed by atoms with Crippen molar-refractivity contribution in [3.63, 3.8) is 0 Å². The fraction of sp³-hybridized carbons (Fsp3) is 0.552. The molecule has 2 aliphatic rings. The fourth-order valence-electron chi connectivity index (χ4n) is 5.11. The van der Waals surface area contributed by atoms with Crippen LogP contribution in [0.25, 0.3) is 0 Å². The highest BCUT2D eigenvalue weighted by molar-refractivity contribution is 7.90. The van der Waals surface area contributed by atoms with Crippen LogP contribution in [0.1, 0.15) is 46.5 Å². The number of amides is 1. The van der Waals surface area contributed by atoms with Gasteiger partial charge in [-0.1, -0.05) is 0 Å². The number of anilines is 3. The Morgan fingerprint density at radius 3 is 1.90 bits per heavy atom. The van der Waals surface area contributed by atoms with Crippen LogP contribution >= 0.6 is 0 Å². The van der Waals surface area contributed by atoms with Crippen molar-refractivity contribution in [3.8, 4) is 11.5 Å². The number of piperazine rings is 1. The molecule has 1 aliphatic heterocycles. The SMILES string of the molecule is COc1ccc(N2CCN(c3ccc(NC(=O)C4CCC(NS(=O)(=O)C(C)(C)C)CC4)cc3)CC2)cc1OC. The van der Waals surface area contributed by atoms with Gasteiger partial charge in [0.25, 0.3) is 0 Å². The van der Waals surface area contributed by atoms with Crippen LogP contribution in [0, 0.1) is 5.92 Å². The van der Waals surface area contributed by atoms with Crippen molar-refractivity contribution in [3.05, 3.63) is 42.5 Å². The minimum absolute atomic E-state index is 0.00316. The second-order valence-corrected chi connectivity index (χ2v) is 13.8. The summed E-state index contributed by atoms with van der Waals surface area (Å²) in [5.74, 6) is 1.35. The Bertz CT molecular complexity index is 1230. The summed E-state index contributed by atoms with van der Waals surface area (Å²) >= 11 is 0. The molecule has 2 aromatic carbocycles. The summed E-state index contributed by atoms with van der Waals surface area (Å²) in [7, 11) is -0.0971. The van der Waals surface area contributed by atoms with Gasteiger partial charge in [-0.3, -0.25) is 4.79 Å². The minimum Gasteiger partial charge on any atom is -0.493 e.